The molecule has 18 heavy (non-hydrogen) atoms. The van der Waals surface area contributed by atoms with Gasteiger partial charge in [0.15, 0.2) is 0 Å². The Morgan fingerprint density at radius 2 is 2.17 bits per heavy atom. The second-order valence-electron chi connectivity index (χ2n) is 4.36. The van der Waals surface area contributed by atoms with Crippen molar-refractivity contribution in [3.63, 3.8) is 0 Å². The summed E-state index contributed by atoms with van der Waals surface area (Å²) in [5.74, 6) is 0.114. The second-order valence-corrected chi connectivity index (χ2v) is 4.77. The van der Waals surface area contributed by atoms with Crippen LogP contribution in [0, 0.1) is 5.82 Å². The first-order chi connectivity index (χ1) is 8.49. The summed E-state index contributed by atoms with van der Waals surface area (Å²) in [4.78, 5) is 2.06. The number of aliphatic hydroxyl groups excluding tert-OH is 1. The van der Waals surface area contributed by atoms with E-state index in [4.69, 9.17) is 21.4 Å². The first-order valence-electron chi connectivity index (χ1n) is 5.93. The Hall–Kier alpha value is -0.840. The quantitative estimate of drug-likeness (QED) is 0.830. The van der Waals surface area contributed by atoms with Crippen molar-refractivity contribution in [2.45, 2.75) is 19.4 Å². The Labute approximate surface area is 112 Å². The van der Waals surface area contributed by atoms with E-state index in [1.807, 2.05) is 7.05 Å². The van der Waals surface area contributed by atoms with Gasteiger partial charge in [0.05, 0.1) is 11.1 Å². The highest BCUT2D eigenvalue weighted by Crippen LogP contribution is 2.24. The largest absolute Gasteiger partial charge is 0.491 e. The number of likely N-dealkylation sites (N-methyl/N-ethyl adjacent to an activating group) is 1. The maximum atomic E-state index is 12.8. The molecule has 0 spiro atoms. The van der Waals surface area contributed by atoms with Crippen LogP contribution in [-0.2, 0) is 0 Å². The molecule has 1 unspecified atom stereocenters. The van der Waals surface area contributed by atoms with Gasteiger partial charge in [-0.15, -0.1) is 0 Å². The minimum Gasteiger partial charge on any atom is -0.491 e. The molecule has 0 amide bonds. The summed E-state index contributed by atoms with van der Waals surface area (Å²) in [5.41, 5.74) is 0. The molecule has 5 heteroatoms. The lowest BCUT2D eigenvalue weighted by Gasteiger charge is -2.18. The van der Waals surface area contributed by atoms with E-state index in [1.54, 1.807) is 6.92 Å². The Kier molecular flexibility index (Phi) is 6.39. The molecule has 0 radical (unpaired) electrons. The molecule has 0 bridgehead atoms. The van der Waals surface area contributed by atoms with Crippen LogP contribution < -0.4 is 4.74 Å². The van der Waals surface area contributed by atoms with E-state index in [0.717, 1.165) is 19.5 Å². The maximum Gasteiger partial charge on any atom is 0.138 e. The van der Waals surface area contributed by atoms with Crippen LogP contribution >= 0.6 is 11.6 Å². The smallest absolute Gasteiger partial charge is 0.138 e. The third kappa shape index (κ3) is 5.67. The van der Waals surface area contributed by atoms with Crippen LogP contribution in [0.5, 0.6) is 5.75 Å². The summed E-state index contributed by atoms with van der Waals surface area (Å²) < 4.78 is 18.3. The monoisotopic (exact) mass is 275 g/mol. The SMILES string of the molecule is CC(O)CCN(C)CCOc1ccc(F)cc1Cl. The zero-order valence-electron chi connectivity index (χ0n) is 10.7. The lowest BCUT2D eigenvalue weighted by molar-refractivity contribution is 0.157. The van der Waals surface area contributed by atoms with Crippen LogP contribution in [0.2, 0.25) is 5.02 Å². The minimum atomic E-state index is -0.374. The topological polar surface area (TPSA) is 32.7 Å². The average Bonchev–Trinajstić information content (AvgIpc) is 2.29. The zero-order valence-corrected chi connectivity index (χ0v) is 11.5. The van der Waals surface area contributed by atoms with Crippen molar-refractivity contribution in [3.05, 3.63) is 29.0 Å². The first-order valence-corrected chi connectivity index (χ1v) is 6.31. The average molecular weight is 276 g/mol. The van der Waals surface area contributed by atoms with Crippen molar-refractivity contribution < 1.29 is 14.2 Å². The van der Waals surface area contributed by atoms with E-state index in [-0.39, 0.29) is 16.9 Å². The summed E-state index contributed by atoms with van der Waals surface area (Å²) >= 11 is 5.84. The highest BCUT2D eigenvalue weighted by molar-refractivity contribution is 6.32. The molecule has 0 aliphatic carbocycles. The number of hydrogen-bond acceptors (Lipinski definition) is 3. The summed E-state index contributed by atoms with van der Waals surface area (Å²) in [6.07, 6.45) is 0.438. The van der Waals surface area contributed by atoms with Gasteiger partial charge in [-0.25, -0.2) is 4.39 Å². The summed E-state index contributed by atoms with van der Waals surface area (Å²) in [6, 6.07) is 4.07. The fourth-order valence-corrected chi connectivity index (χ4v) is 1.64. The van der Waals surface area contributed by atoms with Crippen molar-refractivity contribution in [1.29, 1.82) is 0 Å². The van der Waals surface area contributed by atoms with Crippen LogP contribution in [0.15, 0.2) is 18.2 Å². The fraction of sp³-hybridized carbons (Fsp3) is 0.538. The predicted molar refractivity (Wildman–Crippen MR) is 70.7 cm³/mol. The molecule has 0 aliphatic rings. The number of halogens is 2. The molecule has 3 nitrogen and oxygen atoms in total. The van der Waals surface area contributed by atoms with E-state index >= 15 is 0 Å². The van der Waals surface area contributed by atoms with E-state index in [0.29, 0.717) is 12.4 Å². The van der Waals surface area contributed by atoms with Crippen molar-refractivity contribution in [3.8, 4) is 5.75 Å². The first kappa shape index (κ1) is 15.2. The van der Waals surface area contributed by atoms with Gasteiger partial charge in [-0.3, -0.25) is 0 Å². The van der Waals surface area contributed by atoms with Crippen LogP contribution in [0.4, 0.5) is 4.39 Å². The zero-order chi connectivity index (χ0) is 13.5. The van der Waals surface area contributed by atoms with Crippen LogP contribution in [-0.4, -0.2) is 42.9 Å². The molecule has 0 saturated carbocycles. The van der Waals surface area contributed by atoms with Crippen molar-refractivity contribution in [2.75, 3.05) is 26.7 Å². The third-order valence-corrected chi connectivity index (χ3v) is 2.85. The number of rotatable bonds is 7. The number of hydrogen-bond donors (Lipinski definition) is 1. The molecule has 1 aromatic carbocycles. The molecular weight excluding hydrogens is 257 g/mol. The predicted octanol–water partition coefficient (Wildman–Crippen LogP) is 2.56. The van der Waals surface area contributed by atoms with Gasteiger partial charge in [-0.2, -0.15) is 0 Å². The van der Waals surface area contributed by atoms with Gasteiger partial charge in [0.2, 0.25) is 0 Å². The standard InChI is InChI=1S/C13H19ClFNO2/c1-10(17)5-6-16(2)7-8-18-13-4-3-11(15)9-12(13)14/h3-4,9-10,17H,5-8H2,1-2H3. The lowest BCUT2D eigenvalue weighted by Crippen LogP contribution is -2.27. The van der Waals surface area contributed by atoms with Crippen LogP contribution in [0.1, 0.15) is 13.3 Å². The molecule has 0 aliphatic heterocycles. The van der Waals surface area contributed by atoms with Crippen molar-refractivity contribution in [1.82, 2.24) is 4.90 Å². The van der Waals surface area contributed by atoms with Crippen molar-refractivity contribution >= 4 is 11.6 Å². The number of ether oxygens (including phenoxy) is 1. The molecule has 0 saturated heterocycles. The fourth-order valence-electron chi connectivity index (χ4n) is 1.42. The maximum absolute atomic E-state index is 12.8. The van der Waals surface area contributed by atoms with Gasteiger partial charge in [0.1, 0.15) is 18.2 Å². The van der Waals surface area contributed by atoms with Gasteiger partial charge >= 0.3 is 0 Å². The Morgan fingerprint density at radius 3 is 2.78 bits per heavy atom. The molecular formula is C13H19ClFNO2. The van der Waals surface area contributed by atoms with E-state index < -0.39 is 0 Å². The number of benzene rings is 1. The van der Waals surface area contributed by atoms with E-state index in [2.05, 4.69) is 4.90 Å². The van der Waals surface area contributed by atoms with Gasteiger partial charge in [0, 0.05) is 13.1 Å². The summed E-state index contributed by atoms with van der Waals surface area (Å²) in [6.45, 7) is 3.77. The third-order valence-electron chi connectivity index (χ3n) is 2.55. The number of aliphatic hydroxyl groups is 1. The van der Waals surface area contributed by atoms with E-state index in [1.165, 1.54) is 18.2 Å². The van der Waals surface area contributed by atoms with Gasteiger partial charge in [-0.1, -0.05) is 11.6 Å². The lowest BCUT2D eigenvalue weighted by atomic mass is 10.3. The Morgan fingerprint density at radius 1 is 1.44 bits per heavy atom. The highest BCUT2D eigenvalue weighted by atomic mass is 35.5. The van der Waals surface area contributed by atoms with Gasteiger partial charge in [0.25, 0.3) is 0 Å². The molecule has 0 aromatic heterocycles. The van der Waals surface area contributed by atoms with Gasteiger partial charge in [-0.05, 0) is 38.6 Å². The summed E-state index contributed by atoms with van der Waals surface area (Å²) in [7, 11) is 1.96. The van der Waals surface area contributed by atoms with Crippen molar-refractivity contribution in [2.24, 2.45) is 0 Å². The minimum absolute atomic E-state index is 0.279. The Bertz CT molecular complexity index is 374. The van der Waals surface area contributed by atoms with Crippen LogP contribution in [0.3, 0.4) is 0 Å². The molecule has 1 N–H and O–H groups in total. The number of nitrogens with zero attached hydrogens (tertiary/aromatic N) is 1. The van der Waals surface area contributed by atoms with Crippen LogP contribution in [0.25, 0.3) is 0 Å². The van der Waals surface area contributed by atoms with E-state index in [9.17, 15) is 4.39 Å². The second kappa shape index (κ2) is 7.56. The van der Waals surface area contributed by atoms with Gasteiger partial charge < -0.3 is 14.7 Å². The molecule has 1 atom stereocenters. The summed E-state index contributed by atoms with van der Waals surface area (Å²) in [5, 5.41) is 9.44. The highest BCUT2D eigenvalue weighted by Gasteiger charge is 2.05. The molecule has 0 heterocycles. The Balaban J connectivity index is 2.28. The normalized spacial score (nSPS) is 12.8. The molecule has 1 aromatic rings. The molecule has 102 valence electrons. The molecule has 0 fully saturated rings. The molecule has 1 rings (SSSR count).